The first-order chi connectivity index (χ1) is 16.0. The highest BCUT2D eigenvalue weighted by Gasteiger charge is 2.32. The highest BCUT2D eigenvalue weighted by Crippen LogP contribution is 2.24. The van der Waals surface area contributed by atoms with Gasteiger partial charge in [-0.25, -0.2) is 4.90 Å². The second kappa shape index (κ2) is 9.66. The van der Waals surface area contributed by atoms with Gasteiger partial charge < -0.3 is 4.57 Å². The van der Waals surface area contributed by atoms with Crippen LogP contribution in [0.5, 0.6) is 0 Å². The fourth-order valence-electron chi connectivity index (χ4n) is 4.17. The molecule has 1 aromatic heterocycles. The number of unbranched alkanes of at least 4 members (excludes halogenated alkanes) is 1. The molecule has 0 unspecified atom stereocenters. The fourth-order valence-corrected chi connectivity index (χ4v) is 4.17. The molecule has 0 bridgehead atoms. The van der Waals surface area contributed by atoms with E-state index in [0.29, 0.717) is 12.1 Å². The van der Waals surface area contributed by atoms with E-state index in [0.717, 1.165) is 46.5 Å². The molecule has 33 heavy (non-hydrogen) atoms. The van der Waals surface area contributed by atoms with Crippen LogP contribution in [0.25, 0.3) is 11.1 Å². The minimum atomic E-state index is -0.328. The average Bonchev–Trinajstić information content (AvgIpc) is 3.17. The number of nitrogens with zero attached hydrogens (tertiary/aromatic N) is 3. The lowest BCUT2D eigenvalue weighted by Crippen LogP contribution is -2.36. The zero-order chi connectivity index (χ0) is 23.4. The zero-order valence-electron chi connectivity index (χ0n) is 18.6. The number of aryl methyl sites for hydroxylation is 1. The van der Waals surface area contributed by atoms with Crippen LogP contribution < -0.4 is 10.5 Å². The van der Waals surface area contributed by atoms with Crippen molar-refractivity contribution >= 4 is 17.5 Å². The number of aromatic nitrogens is 1. The van der Waals surface area contributed by atoms with Gasteiger partial charge in [0.05, 0.1) is 18.2 Å². The van der Waals surface area contributed by atoms with Crippen molar-refractivity contribution in [3.05, 3.63) is 87.8 Å². The molecule has 0 saturated carbocycles. The maximum atomic E-state index is 13.4. The van der Waals surface area contributed by atoms with Crippen LogP contribution in [0.4, 0.5) is 5.69 Å². The van der Waals surface area contributed by atoms with Crippen LogP contribution in [0.2, 0.25) is 0 Å². The summed E-state index contributed by atoms with van der Waals surface area (Å²) in [5.41, 5.74) is 3.99. The SMILES string of the molecule is CCCCc1ccc(N2C(=O)CCC2=O)c(=O)n1Cc1ccc(-c2ccccc2C#N)cc1. The molecular weight excluding hydrogens is 414 g/mol. The number of pyridine rings is 1. The van der Waals surface area contributed by atoms with Crippen molar-refractivity contribution < 1.29 is 9.59 Å². The Morgan fingerprint density at radius 2 is 1.61 bits per heavy atom. The summed E-state index contributed by atoms with van der Waals surface area (Å²) in [6, 6.07) is 20.9. The van der Waals surface area contributed by atoms with Gasteiger partial charge in [0.25, 0.3) is 5.56 Å². The van der Waals surface area contributed by atoms with Crippen molar-refractivity contribution in [3.63, 3.8) is 0 Å². The van der Waals surface area contributed by atoms with E-state index < -0.39 is 0 Å². The van der Waals surface area contributed by atoms with Crippen LogP contribution >= 0.6 is 0 Å². The Balaban J connectivity index is 1.69. The second-order valence-electron chi connectivity index (χ2n) is 8.18. The van der Waals surface area contributed by atoms with Gasteiger partial charge in [-0.3, -0.25) is 14.4 Å². The fraction of sp³-hybridized carbons (Fsp3) is 0.259. The molecule has 1 aliphatic rings. The largest absolute Gasteiger partial charge is 0.306 e. The summed E-state index contributed by atoms with van der Waals surface area (Å²) in [7, 11) is 0. The van der Waals surface area contributed by atoms with E-state index in [1.165, 1.54) is 0 Å². The Hall–Kier alpha value is -3.98. The number of rotatable bonds is 7. The monoisotopic (exact) mass is 439 g/mol. The molecule has 3 aromatic rings. The highest BCUT2D eigenvalue weighted by atomic mass is 16.2. The zero-order valence-corrected chi connectivity index (χ0v) is 18.6. The van der Waals surface area contributed by atoms with Crippen LogP contribution in [0.1, 0.15) is 49.4 Å². The van der Waals surface area contributed by atoms with Gasteiger partial charge in [0.15, 0.2) is 0 Å². The van der Waals surface area contributed by atoms with Gasteiger partial charge in [-0.1, -0.05) is 55.8 Å². The molecule has 2 aromatic carbocycles. The van der Waals surface area contributed by atoms with Crippen molar-refractivity contribution in [1.29, 1.82) is 5.26 Å². The van der Waals surface area contributed by atoms with E-state index in [-0.39, 0.29) is 35.9 Å². The molecule has 2 heterocycles. The standard InChI is InChI=1S/C27H25N3O3/c1-2-3-7-22-13-14-24(30-25(31)15-16-26(30)32)27(33)29(22)18-19-9-11-20(12-10-19)23-8-5-4-6-21(23)17-28/h4-6,8-14H,2-3,7,15-16,18H2,1H3. The Morgan fingerprint density at radius 3 is 2.27 bits per heavy atom. The van der Waals surface area contributed by atoms with Crippen LogP contribution in [0.15, 0.2) is 65.5 Å². The van der Waals surface area contributed by atoms with Gasteiger partial charge >= 0.3 is 0 Å². The predicted octanol–water partition coefficient (Wildman–Crippen LogP) is 4.43. The maximum absolute atomic E-state index is 13.4. The summed E-state index contributed by atoms with van der Waals surface area (Å²) < 4.78 is 1.67. The van der Waals surface area contributed by atoms with E-state index in [9.17, 15) is 19.6 Å². The smallest absolute Gasteiger partial charge is 0.275 e. The van der Waals surface area contributed by atoms with Crippen molar-refractivity contribution in [2.75, 3.05) is 4.90 Å². The minimum Gasteiger partial charge on any atom is -0.306 e. The first-order valence-electron chi connectivity index (χ1n) is 11.2. The lowest BCUT2D eigenvalue weighted by Gasteiger charge is -2.19. The number of carbonyl (C=O) groups excluding carboxylic acids is 2. The molecule has 1 saturated heterocycles. The van der Waals surface area contributed by atoms with E-state index >= 15 is 0 Å². The summed E-state index contributed by atoms with van der Waals surface area (Å²) in [5.74, 6) is -0.657. The van der Waals surface area contributed by atoms with Crippen molar-refractivity contribution in [1.82, 2.24) is 4.57 Å². The minimum absolute atomic E-state index is 0.127. The Morgan fingerprint density at radius 1 is 0.909 bits per heavy atom. The number of carbonyl (C=O) groups is 2. The first-order valence-corrected chi connectivity index (χ1v) is 11.2. The van der Waals surface area contributed by atoms with E-state index in [2.05, 4.69) is 13.0 Å². The molecule has 2 amide bonds. The Kier molecular flexibility index (Phi) is 6.50. The normalized spacial score (nSPS) is 13.4. The number of anilines is 1. The van der Waals surface area contributed by atoms with Gasteiger partial charge in [-0.15, -0.1) is 0 Å². The highest BCUT2D eigenvalue weighted by molar-refractivity contribution is 6.19. The number of hydrogen-bond donors (Lipinski definition) is 0. The van der Waals surface area contributed by atoms with Crippen LogP contribution in [-0.2, 0) is 22.6 Å². The topological polar surface area (TPSA) is 83.2 Å². The van der Waals surface area contributed by atoms with Gasteiger partial charge in [-0.05, 0) is 47.7 Å². The molecule has 0 radical (unpaired) electrons. The van der Waals surface area contributed by atoms with Gasteiger partial charge in [-0.2, -0.15) is 5.26 Å². The molecule has 1 aliphatic heterocycles. The third kappa shape index (κ3) is 4.49. The quantitative estimate of drug-likeness (QED) is 0.510. The lowest BCUT2D eigenvalue weighted by atomic mass is 9.99. The maximum Gasteiger partial charge on any atom is 0.275 e. The molecule has 166 valence electrons. The number of benzene rings is 2. The van der Waals surface area contributed by atoms with Gasteiger partial charge in [0.2, 0.25) is 11.8 Å². The number of nitriles is 1. The van der Waals surface area contributed by atoms with Crippen LogP contribution in [0, 0.1) is 11.3 Å². The molecule has 6 nitrogen and oxygen atoms in total. The first kappa shape index (κ1) is 22.2. The predicted molar refractivity (Wildman–Crippen MR) is 127 cm³/mol. The summed E-state index contributed by atoms with van der Waals surface area (Å²) >= 11 is 0. The summed E-state index contributed by atoms with van der Waals surface area (Å²) in [6.45, 7) is 2.43. The van der Waals surface area contributed by atoms with E-state index in [4.69, 9.17) is 0 Å². The lowest BCUT2D eigenvalue weighted by molar-refractivity contribution is -0.121. The summed E-state index contributed by atoms with van der Waals surface area (Å²) in [4.78, 5) is 38.9. The van der Waals surface area contributed by atoms with Crippen molar-refractivity contribution in [3.8, 4) is 17.2 Å². The van der Waals surface area contributed by atoms with Gasteiger partial charge in [0, 0.05) is 18.5 Å². The second-order valence-corrected chi connectivity index (χ2v) is 8.18. The van der Waals surface area contributed by atoms with E-state index in [1.54, 1.807) is 16.7 Å². The molecule has 4 rings (SSSR count). The Labute approximate surface area is 192 Å². The van der Waals surface area contributed by atoms with Crippen LogP contribution in [0.3, 0.4) is 0 Å². The molecule has 0 spiro atoms. The van der Waals surface area contributed by atoms with Crippen molar-refractivity contribution in [2.24, 2.45) is 0 Å². The van der Waals surface area contributed by atoms with Gasteiger partial charge in [0.1, 0.15) is 5.69 Å². The molecule has 0 atom stereocenters. The number of imide groups is 1. The Bertz CT molecular complexity index is 1280. The number of hydrogen-bond acceptors (Lipinski definition) is 4. The molecule has 6 heteroatoms. The molecule has 0 aliphatic carbocycles. The third-order valence-electron chi connectivity index (χ3n) is 5.98. The molecular formula is C27H25N3O3. The third-order valence-corrected chi connectivity index (χ3v) is 5.98. The summed E-state index contributed by atoms with van der Waals surface area (Å²) in [5, 5.41) is 9.37. The van der Waals surface area contributed by atoms with E-state index in [1.807, 2.05) is 48.5 Å². The van der Waals surface area contributed by atoms with Crippen LogP contribution in [-0.4, -0.2) is 16.4 Å². The number of amides is 2. The molecule has 1 fully saturated rings. The molecule has 0 N–H and O–H groups in total. The van der Waals surface area contributed by atoms with Crippen molar-refractivity contribution in [2.45, 2.75) is 45.6 Å². The average molecular weight is 440 g/mol. The summed E-state index contributed by atoms with van der Waals surface area (Å²) in [6.07, 6.45) is 2.95.